The second kappa shape index (κ2) is 9.00. The summed E-state index contributed by atoms with van der Waals surface area (Å²) in [5.74, 6) is -1.17. The van der Waals surface area contributed by atoms with Gasteiger partial charge >= 0.3 is 51.4 Å². The van der Waals surface area contributed by atoms with Gasteiger partial charge in [-0.25, -0.2) is 0 Å². The second-order valence-electron chi connectivity index (χ2n) is 2.63. The minimum Gasteiger partial charge on any atom is -0.548 e. The van der Waals surface area contributed by atoms with Gasteiger partial charge in [0, 0.05) is 6.21 Å². The van der Waals surface area contributed by atoms with Gasteiger partial charge in [-0.1, -0.05) is 36.4 Å². The van der Waals surface area contributed by atoms with Crippen molar-refractivity contribution in [2.45, 2.75) is 0 Å². The average molecular weight is 227 g/mol. The van der Waals surface area contributed by atoms with Crippen molar-refractivity contribution in [2.75, 3.05) is 6.54 Å². The Morgan fingerprint density at radius 2 is 2.00 bits per heavy atom. The molecular formula is C11H10KNO2. The zero-order valence-electron chi connectivity index (χ0n) is 8.59. The maximum Gasteiger partial charge on any atom is 1.00 e. The summed E-state index contributed by atoms with van der Waals surface area (Å²) in [7, 11) is 0. The molecule has 0 spiro atoms. The summed E-state index contributed by atoms with van der Waals surface area (Å²) in [5, 5.41) is 9.98. The zero-order valence-corrected chi connectivity index (χ0v) is 11.7. The third-order valence-corrected chi connectivity index (χ3v) is 1.50. The van der Waals surface area contributed by atoms with Gasteiger partial charge in [0.2, 0.25) is 0 Å². The Bertz CT molecular complexity index is 347. The average Bonchev–Trinajstić information content (AvgIpc) is 2.18. The Labute approximate surface area is 131 Å². The molecule has 0 saturated carbocycles. The van der Waals surface area contributed by atoms with Crippen LogP contribution < -0.4 is 56.5 Å². The molecule has 4 heteroatoms. The number of rotatable bonds is 4. The van der Waals surface area contributed by atoms with Gasteiger partial charge in [-0.05, 0) is 11.6 Å². The molecule has 0 aliphatic carbocycles. The van der Waals surface area contributed by atoms with E-state index in [2.05, 4.69) is 4.99 Å². The van der Waals surface area contributed by atoms with Gasteiger partial charge in [0.1, 0.15) is 0 Å². The normalized spacial score (nSPS) is 10.4. The number of hydrogen-bond acceptors (Lipinski definition) is 3. The number of benzene rings is 1. The standard InChI is InChI=1S/C11H11NO2.K/c13-11(14)9-12-8-4-7-10-5-2-1-3-6-10;/h1-8H,9H2,(H,13,14);/q;+1/p-1/b7-4+,12-8?;. The van der Waals surface area contributed by atoms with Gasteiger partial charge in [0.05, 0.1) is 12.5 Å². The first-order valence-corrected chi connectivity index (χ1v) is 4.20. The van der Waals surface area contributed by atoms with Crippen LogP contribution in [0.4, 0.5) is 0 Å². The van der Waals surface area contributed by atoms with Gasteiger partial charge in [0.15, 0.2) is 0 Å². The quantitative estimate of drug-likeness (QED) is 0.423. The molecule has 1 aromatic rings. The van der Waals surface area contributed by atoms with Crippen LogP contribution in [0.3, 0.4) is 0 Å². The molecular weight excluding hydrogens is 217 g/mol. The molecule has 15 heavy (non-hydrogen) atoms. The van der Waals surface area contributed by atoms with Crippen LogP contribution in [0.2, 0.25) is 0 Å². The van der Waals surface area contributed by atoms with Crippen LogP contribution in [-0.4, -0.2) is 18.7 Å². The number of aliphatic carboxylic acids is 1. The maximum absolute atomic E-state index is 9.98. The third-order valence-electron chi connectivity index (χ3n) is 1.50. The maximum atomic E-state index is 9.98. The molecule has 1 rings (SSSR count). The molecule has 3 nitrogen and oxygen atoms in total. The van der Waals surface area contributed by atoms with Crippen LogP contribution in [0.25, 0.3) is 6.08 Å². The van der Waals surface area contributed by atoms with E-state index >= 15 is 0 Å². The molecule has 72 valence electrons. The number of aliphatic imine (C=N–C) groups is 1. The number of carboxylic acid groups (broad SMARTS) is 1. The van der Waals surface area contributed by atoms with E-state index in [1.165, 1.54) is 6.21 Å². The minimum absolute atomic E-state index is 0. The van der Waals surface area contributed by atoms with E-state index < -0.39 is 5.97 Å². The topological polar surface area (TPSA) is 52.5 Å². The number of carboxylic acids is 1. The molecule has 0 N–H and O–H groups in total. The SMILES string of the molecule is O=C([O-])CN=C/C=C/c1ccccc1.[K+]. The first-order valence-electron chi connectivity index (χ1n) is 4.20. The Morgan fingerprint density at radius 1 is 1.33 bits per heavy atom. The van der Waals surface area contributed by atoms with E-state index in [1.807, 2.05) is 36.4 Å². The number of carbonyl (C=O) groups is 1. The summed E-state index contributed by atoms with van der Waals surface area (Å²) in [4.78, 5) is 13.6. The van der Waals surface area contributed by atoms with Gasteiger partial charge in [-0.2, -0.15) is 0 Å². The monoisotopic (exact) mass is 227 g/mol. The Morgan fingerprint density at radius 3 is 2.60 bits per heavy atom. The van der Waals surface area contributed by atoms with Crippen LogP contribution in [0, 0.1) is 0 Å². The molecule has 0 fully saturated rings. The first-order chi connectivity index (χ1) is 6.79. The Balaban J connectivity index is 0.00000196. The number of carbonyl (C=O) groups excluding carboxylic acids is 1. The van der Waals surface area contributed by atoms with Crippen LogP contribution in [0.1, 0.15) is 5.56 Å². The van der Waals surface area contributed by atoms with E-state index in [9.17, 15) is 9.90 Å². The molecule has 0 radical (unpaired) electrons. The van der Waals surface area contributed by atoms with E-state index in [4.69, 9.17) is 0 Å². The fourth-order valence-electron chi connectivity index (χ4n) is 0.906. The van der Waals surface area contributed by atoms with E-state index in [-0.39, 0.29) is 57.9 Å². The van der Waals surface area contributed by atoms with E-state index in [1.54, 1.807) is 6.08 Å². The zero-order chi connectivity index (χ0) is 10.2. The van der Waals surface area contributed by atoms with Crippen molar-refractivity contribution in [3.05, 3.63) is 42.0 Å². The van der Waals surface area contributed by atoms with Crippen molar-refractivity contribution in [2.24, 2.45) is 4.99 Å². The molecule has 1 aromatic carbocycles. The Kier molecular flexibility index (Phi) is 8.84. The molecule has 0 unspecified atom stereocenters. The molecule has 0 aliphatic rings. The van der Waals surface area contributed by atoms with Crippen LogP contribution >= 0.6 is 0 Å². The van der Waals surface area contributed by atoms with Crippen molar-refractivity contribution >= 4 is 18.3 Å². The molecule has 0 atom stereocenters. The molecule has 0 aliphatic heterocycles. The summed E-state index contributed by atoms with van der Waals surface area (Å²) in [6.45, 7) is -0.293. The third kappa shape index (κ3) is 7.64. The molecule has 0 bridgehead atoms. The fourth-order valence-corrected chi connectivity index (χ4v) is 0.906. The van der Waals surface area contributed by atoms with Crippen LogP contribution in [0.5, 0.6) is 0 Å². The van der Waals surface area contributed by atoms with Crippen LogP contribution in [0.15, 0.2) is 41.4 Å². The largest absolute Gasteiger partial charge is 1.00 e. The van der Waals surface area contributed by atoms with Crippen molar-refractivity contribution in [1.29, 1.82) is 0 Å². The molecule has 0 aromatic heterocycles. The minimum atomic E-state index is -1.17. The van der Waals surface area contributed by atoms with Crippen molar-refractivity contribution in [3.63, 3.8) is 0 Å². The first kappa shape index (κ1) is 14.7. The predicted molar refractivity (Wildman–Crippen MR) is 53.8 cm³/mol. The Hall–Kier alpha value is -0.264. The molecule has 0 heterocycles. The smallest absolute Gasteiger partial charge is 0.548 e. The molecule has 0 saturated heterocycles. The van der Waals surface area contributed by atoms with Gasteiger partial charge in [-0.15, -0.1) is 0 Å². The predicted octanol–water partition coefficient (Wildman–Crippen LogP) is -2.48. The van der Waals surface area contributed by atoms with Gasteiger partial charge in [-0.3, -0.25) is 4.99 Å². The summed E-state index contributed by atoms with van der Waals surface area (Å²) in [6.07, 6.45) is 4.99. The molecule has 0 amide bonds. The van der Waals surface area contributed by atoms with Gasteiger partial charge in [0.25, 0.3) is 0 Å². The van der Waals surface area contributed by atoms with Crippen molar-refractivity contribution in [1.82, 2.24) is 0 Å². The summed E-state index contributed by atoms with van der Waals surface area (Å²) in [5.41, 5.74) is 1.05. The summed E-state index contributed by atoms with van der Waals surface area (Å²) < 4.78 is 0. The second-order valence-corrected chi connectivity index (χ2v) is 2.63. The summed E-state index contributed by atoms with van der Waals surface area (Å²) >= 11 is 0. The number of nitrogens with zero attached hydrogens (tertiary/aromatic N) is 1. The summed E-state index contributed by atoms with van der Waals surface area (Å²) in [6, 6.07) is 9.68. The van der Waals surface area contributed by atoms with Crippen molar-refractivity contribution < 1.29 is 61.3 Å². The van der Waals surface area contributed by atoms with Crippen LogP contribution in [-0.2, 0) is 4.79 Å². The van der Waals surface area contributed by atoms with E-state index in [0.717, 1.165) is 5.56 Å². The number of allylic oxidation sites excluding steroid dienone is 1. The van der Waals surface area contributed by atoms with Gasteiger partial charge < -0.3 is 9.90 Å². The fraction of sp³-hybridized carbons (Fsp3) is 0.0909. The number of hydrogen-bond donors (Lipinski definition) is 0. The van der Waals surface area contributed by atoms with Crippen molar-refractivity contribution in [3.8, 4) is 0 Å². The van der Waals surface area contributed by atoms with E-state index in [0.29, 0.717) is 0 Å².